The Morgan fingerprint density at radius 1 is 1.34 bits per heavy atom. The van der Waals surface area contributed by atoms with Crippen molar-refractivity contribution in [3.05, 3.63) is 47.4 Å². The van der Waals surface area contributed by atoms with Gasteiger partial charge in [-0.15, -0.1) is 0 Å². The van der Waals surface area contributed by atoms with E-state index in [0.717, 1.165) is 12.8 Å². The number of ether oxygens (including phenoxy) is 2. The lowest BCUT2D eigenvalue weighted by atomic mass is 10.1. The molecule has 1 amide bonds. The van der Waals surface area contributed by atoms with Crippen LogP contribution >= 0.6 is 0 Å². The van der Waals surface area contributed by atoms with Crippen molar-refractivity contribution >= 4 is 21.6 Å². The van der Waals surface area contributed by atoms with Crippen LogP contribution in [0.1, 0.15) is 28.9 Å². The maximum Gasteiger partial charge on any atom is 0.260 e. The van der Waals surface area contributed by atoms with E-state index in [-0.39, 0.29) is 39.4 Å². The minimum atomic E-state index is -3.61. The van der Waals surface area contributed by atoms with E-state index < -0.39 is 21.6 Å². The molecule has 1 aromatic heterocycles. The highest BCUT2D eigenvalue weighted by Crippen LogP contribution is 2.26. The fourth-order valence-corrected chi connectivity index (χ4v) is 4.85. The van der Waals surface area contributed by atoms with Crippen LogP contribution in [0.3, 0.4) is 0 Å². The Morgan fingerprint density at radius 2 is 2.14 bits per heavy atom. The normalized spacial score (nSPS) is 17.0. The largest absolute Gasteiger partial charge is 0.496 e. The number of nitrogens with one attached hydrogen (secondary N) is 1. The highest BCUT2D eigenvalue weighted by atomic mass is 32.2. The number of benzene rings is 1. The Hall–Kier alpha value is -2.52. The summed E-state index contributed by atoms with van der Waals surface area (Å²) in [5.41, 5.74) is 0.193. The summed E-state index contributed by atoms with van der Waals surface area (Å²) in [6.45, 7) is 2.55. The average Bonchev–Trinajstić information content (AvgIpc) is 2.70. The number of aromatic nitrogens is 1. The second kappa shape index (κ2) is 8.87. The first-order chi connectivity index (χ1) is 13.8. The van der Waals surface area contributed by atoms with Crippen LogP contribution < -0.4 is 10.1 Å². The molecular formula is C20H23FN2O5S. The third-order valence-corrected chi connectivity index (χ3v) is 6.63. The number of aryl methyl sites for hydroxylation is 1. The van der Waals surface area contributed by atoms with E-state index in [9.17, 15) is 17.6 Å². The smallest absolute Gasteiger partial charge is 0.260 e. The van der Waals surface area contributed by atoms with Crippen molar-refractivity contribution < 1.29 is 27.1 Å². The highest BCUT2D eigenvalue weighted by molar-refractivity contribution is 7.91. The molecule has 1 aliphatic heterocycles. The third kappa shape index (κ3) is 5.10. The molecule has 1 saturated heterocycles. The molecule has 2 heterocycles. The maximum atomic E-state index is 13.4. The molecule has 0 saturated carbocycles. The second-order valence-corrected chi connectivity index (χ2v) is 8.98. The fourth-order valence-electron chi connectivity index (χ4n) is 3.20. The van der Waals surface area contributed by atoms with Gasteiger partial charge in [0.2, 0.25) is 0 Å². The van der Waals surface area contributed by atoms with Gasteiger partial charge < -0.3 is 14.8 Å². The molecule has 1 N–H and O–H groups in total. The first-order valence-corrected chi connectivity index (χ1v) is 10.9. The van der Waals surface area contributed by atoms with Gasteiger partial charge in [0.15, 0.2) is 9.84 Å². The predicted octanol–water partition coefficient (Wildman–Crippen LogP) is 2.99. The lowest BCUT2D eigenvalue weighted by Gasteiger charge is -2.22. The van der Waals surface area contributed by atoms with Crippen LogP contribution in [0.5, 0.6) is 5.75 Å². The molecule has 156 valence electrons. The maximum absolute atomic E-state index is 13.4. The van der Waals surface area contributed by atoms with Gasteiger partial charge >= 0.3 is 0 Å². The molecule has 0 unspecified atom stereocenters. The topological polar surface area (TPSA) is 94.6 Å². The van der Waals surface area contributed by atoms with Crippen LogP contribution in [0.15, 0.2) is 35.2 Å². The first kappa shape index (κ1) is 21.2. The van der Waals surface area contributed by atoms with Crippen LogP contribution in [0.2, 0.25) is 0 Å². The molecule has 3 rings (SSSR count). The SMILES string of the molecule is COc1ccc(S(=O)(=O)C[C@@H]2CCCOC2)cc1C(=O)Nc1ccc(F)c(C)n1. The number of nitrogens with zero attached hydrogens (tertiary/aromatic N) is 1. The average molecular weight is 422 g/mol. The summed E-state index contributed by atoms with van der Waals surface area (Å²) >= 11 is 0. The molecule has 9 heteroatoms. The molecule has 1 atom stereocenters. The molecule has 7 nitrogen and oxygen atoms in total. The molecule has 0 bridgehead atoms. The zero-order chi connectivity index (χ0) is 21.0. The molecule has 2 aromatic rings. The standard InChI is InChI=1S/C20H23FN2O5S/c1-13-17(21)6-8-19(22-13)23-20(24)16-10-15(5-7-18(16)27-2)29(25,26)12-14-4-3-9-28-11-14/h5-8,10,14H,3-4,9,11-12H2,1-2H3,(H,22,23,24)/t14-/m1/s1. The van der Waals surface area contributed by atoms with E-state index in [1.54, 1.807) is 0 Å². The fraction of sp³-hybridized carbons (Fsp3) is 0.400. The Morgan fingerprint density at radius 3 is 2.79 bits per heavy atom. The molecule has 1 fully saturated rings. The number of amides is 1. The number of carbonyl (C=O) groups is 1. The molecule has 0 radical (unpaired) electrons. The van der Waals surface area contributed by atoms with Gasteiger partial charge in [-0.05, 0) is 56.0 Å². The number of sulfone groups is 1. The van der Waals surface area contributed by atoms with Gasteiger partial charge in [-0.3, -0.25) is 4.79 Å². The molecule has 1 aromatic carbocycles. The molecule has 1 aliphatic rings. The number of anilines is 1. The Labute approximate surface area is 169 Å². The van der Waals surface area contributed by atoms with Crippen LogP contribution in [0.4, 0.5) is 10.2 Å². The summed E-state index contributed by atoms with van der Waals surface area (Å²) in [6.07, 6.45) is 1.62. The van der Waals surface area contributed by atoms with E-state index in [0.29, 0.717) is 13.2 Å². The summed E-state index contributed by atoms with van der Waals surface area (Å²) in [5, 5.41) is 2.55. The van der Waals surface area contributed by atoms with Crippen LogP contribution in [-0.4, -0.2) is 45.4 Å². The van der Waals surface area contributed by atoms with E-state index in [4.69, 9.17) is 9.47 Å². The van der Waals surface area contributed by atoms with E-state index >= 15 is 0 Å². The number of hydrogen-bond donors (Lipinski definition) is 1. The summed E-state index contributed by atoms with van der Waals surface area (Å²) in [5.74, 6) is -0.817. The zero-order valence-corrected chi connectivity index (χ0v) is 17.1. The van der Waals surface area contributed by atoms with Gasteiger partial charge in [0.1, 0.15) is 17.4 Å². The number of carbonyl (C=O) groups excluding carboxylic acids is 1. The minimum Gasteiger partial charge on any atom is -0.496 e. The van der Waals surface area contributed by atoms with Crippen molar-refractivity contribution in [1.29, 1.82) is 0 Å². The van der Waals surface area contributed by atoms with Crippen LogP contribution in [-0.2, 0) is 14.6 Å². The Bertz CT molecular complexity index is 1000. The van der Waals surface area contributed by atoms with Crippen LogP contribution in [0, 0.1) is 18.7 Å². The lowest BCUT2D eigenvalue weighted by molar-refractivity contribution is 0.0626. The van der Waals surface area contributed by atoms with E-state index in [1.165, 1.54) is 44.4 Å². The number of pyridine rings is 1. The molecule has 0 spiro atoms. The van der Waals surface area contributed by atoms with Crippen LogP contribution in [0.25, 0.3) is 0 Å². The van der Waals surface area contributed by atoms with Gasteiger partial charge in [0.25, 0.3) is 5.91 Å². The number of rotatable bonds is 6. The third-order valence-electron chi connectivity index (χ3n) is 4.75. The number of halogens is 1. The van der Waals surface area contributed by atoms with Gasteiger partial charge in [-0.2, -0.15) is 0 Å². The predicted molar refractivity (Wildman–Crippen MR) is 105 cm³/mol. The second-order valence-electron chi connectivity index (χ2n) is 6.94. The first-order valence-electron chi connectivity index (χ1n) is 9.23. The van der Waals surface area contributed by atoms with E-state index in [2.05, 4.69) is 10.3 Å². The molecule has 0 aliphatic carbocycles. The minimum absolute atomic E-state index is 0.0391. The number of hydrogen-bond acceptors (Lipinski definition) is 6. The van der Waals surface area contributed by atoms with Gasteiger partial charge in [0.05, 0.1) is 35.6 Å². The highest BCUT2D eigenvalue weighted by Gasteiger charge is 2.25. The Balaban J connectivity index is 1.85. The summed E-state index contributed by atoms with van der Waals surface area (Å²) < 4.78 is 49.6. The molecular weight excluding hydrogens is 399 g/mol. The quantitative estimate of drug-likeness (QED) is 0.769. The van der Waals surface area contributed by atoms with Gasteiger partial charge in [-0.25, -0.2) is 17.8 Å². The van der Waals surface area contributed by atoms with E-state index in [1.807, 2.05) is 0 Å². The summed E-state index contributed by atoms with van der Waals surface area (Å²) in [7, 11) is -2.22. The summed E-state index contributed by atoms with van der Waals surface area (Å²) in [6, 6.07) is 6.69. The number of methoxy groups -OCH3 is 1. The van der Waals surface area contributed by atoms with Crippen molar-refractivity contribution in [2.24, 2.45) is 5.92 Å². The van der Waals surface area contributed by atoms with Crippen molar-refractivity contribution in [2.45, 2.75) is 24.7 Å². The van der Waals surface area contributed by atoms with Crippen molar-refractivity contribution in [1.82, 2.24) is 4.98 Å². The Kier molecular flexibility index (Phi) is 6.49. The molecule has 29 heavy (non-hydrogen) atoms. The lowest BCUT2D eigenvalue weighted by Crippen LogP contribution is -2.25. The monoisotopic (exact) mass is 422 g/mol. The zero-order valence-electron chi connectivity index (χ0n) is 16.3. The summed E-state index contributed by atoms with van der Waals surface area (Å²) in [4.78, 5) is 16.7. The van der Waals surface area contributed by atoms with Gasteiger partial charge in [-0.1, -0.05) is 0 Å². The van der Waals surface area contributed by atoms with Crippen molar-refractivity contribution in [3.63, 3.8) is 0 Å². The van der Waals surface area contributed by atoms with Gasteiger partial charge in [0, 0.05) is 6.61 Å². The van der Waals surface area contributed by atoms with Crippen molar-refractivity contribution in [2.75, 3.05) is 31.4 Å². The van der Waals surface area contributed by atoms with Crippen molar-refractivity contribution in [3.8, 4) is 5.75 Å².